The van der Waals surface area contributed by atoms with Crippen LogP contribution < -0.4 is 10.1 Å². The topological polar surface area (TPSA) is 119 Å². The van der Waals surface area contributed by atoms with Gasteiger partial charge in [0.1, 0.15) is 5.75 Å². The average Bonchev–Trinajstić information content (AvgIpc) is 3.48. The fraction of sp³-hybridized carbons (Fsp3) is 0.192. The van der Waals surface area contributed by atoms with Crippen LogP contribution in [0.25, 0.3) is 10.9 Å². The van der Waals surface area contributed by atoms with Crippen LogP contribution >= 0.6 is 0 Å². The van der Waals surface area contributed by atoms with E-state index in [1.807, 2.05) is 47.1 Å². The monoisotopic (exact) mass is 501 g/mol. The van der Waals surface area contributed by atoms with Crippen molar-refractivity contribution < 1.29 is 17.9 Å². The molecule has 182 valence electrons. The van der Waals surface area contributed by atoms with Crippen LogP contribution in [0.1, 0.15) is 11.1 Å². The molecule has 0 fully saturated rings. The number of nitrogens with one attached hydrogen (secondary N) is 1. The van der Waals surface area contributed by atoms with Crippen LogP contribution in [0.4, 0.5) is 5.69 Å². The number of nitriles is 1. The highest BCUT2D eigenvalue weighted by molar-refractivity contribution is 7.90. The van der Waals surface area contributed by atoms with Crippen molar-refractivity contribution in [1.82, 2.24) is 9.78 Å². The van der Waals surface area contributed by atoms with Crippen molar-refractivity contribution in [1.29, 1.82) is 5.26 Å². The summed E-state index contributed by atoms with van der Waals surface area (Å²) in [6.45, 7) is 0.582. The Morgan fingerprint density at radius 2 is 1.86 bits per heavy atom. The van der Waals surface area contributed by atoms with E-state index in [1.165, 1.54) is 12.1 Å². The molecule has 2 heterocycles. The highest BCUT2D eigenvalue weighted by Gasteiger charge is 2.32. The Morgan fingerprint density at radius 3 is 2.53 bits per heavy atom. The minimum Gasteiger partial charge on any atom is -0.497 e. The number of fused-ring (bicyclic) bond motifs is 1. The van der Waals surface area contributed by atoms with Crippen LogP contribution in [-0.4, -0.2) is 49.7 Å². The summed E-state index contributed by atoms with van der Waals surface area (Å²) >= 11 is 0. The molecule has 4 aromatic rings. The summed E-state index contributed by atoms with van der Waals surface area (Å²) in [5.41, 5.74) is 3.35. The Bertz CT molecular complexity index is 1590. The van der Waals surface area contributed by atoms with Crippen LogP contribution in [-0.2, 0) is 21.1 Å². The Hall–Kier alpha value is -4.36. The van der Waals surface area contributed by atoms with Gasteiger partial charge in [0.15, 0.2) is 15.9 Å². The zero-order chi connectivity index (χ0) is 25.3. The number of benzene rings is 3. The van der Waals surface area contributed by atoms with Crippen molar-refractivity contribution in [3.8, 4) is 11.8 Å². The molecule has 0 saturated carbocycles. The van der Waals surface area contributed by atoms with Crippen molar-refractivity contribution in [2.45, 2.75) is 23.7 Å². The SMILES string of the molecule is COc1ccc(Cn2ncc3c(C4=NC(C#N)C(Nc5ccc(S(C)(=O)=O)cc5)O4)cccc32)cc1. The van der Waals surface area contributed by atoms with Crippen molar-refractivity contribution in [2.24, 2.45) is 4.99 Å². The van der Waals surface area contributed by atoms with E-state index in [9.17, 15) is 13.7 Å². The van der Waals surface area contributed by atoms with Crippen LogP contribution in [0.3, 0.4) is 0 Å². The molecule has 1 aliphatic rings. The van der Waals surface area contributed by atoms with Crippen molar-refractivity contribution in [3.63, 3.8) is 0 Å². The van der Waals surface area contributed by atoms with Gasteiger partial charge >= 0.3 is 0 Å². The van der Waals surface area contributed by atoms with E-state index in [-0.39, 0.29) is 4.90 Å². The van der Waals surface area contributed by atoms with E-state index < -0.39 is 22.1 Å². The van der Waals surface area contributed by atoms with Gasteiger partial charge in [-0.05, 0) is 54.1 Å². The summed E-state index contributed by atoms with van der Waals surface area (Å²) in [6, 6.07) is 21.3. The molecule has 36 heavy (non-hydrogen) atoms. The first kappa shape index (κ1) is 23.4. The summed E-state index contributed by atoms with van der Waals surface area (Å²) in [4.78, 5) is 4.71. The summed E-state index contributed by atoms with van der Waals surface area (Å²) in [5.74, 6) is 1.14. The van der Waals surface area contributed by atoms with Crippen molar-refractivity contribution in [2.75, 3.05) is 18.7 Å². The summed E-state index contributed by atoms with van der Waals surface area (Å²) in [7, 11) is -1.66. The predicted molar refractivity (Wildman–Crippen MR) is 136 cm³/mol. The molecule has 0 amide bonds. The van der Waals surface area contributed by atoms with Crippen LogP contribution in [0.2, 0.25) is 0 Å². The lowest BCUT2D eigenvalue weighted by atomic mass is 10.1. The van der Waals surface area contributed by atoms with E-state index in [0.717, 1.165) is 34.0 Å². The molecule has 0 bridgehead atoms. The number of methoxy groups -OCH3 is 1. The molecule has 0 saturated heterocycles. The second-order valence-electron chi connectivity index (χ2n) is 8.38. The van der Waals surface area contributed by atoms with Gasteiger partial charge in [-0.2, -0.15) is 10.4 Å². The lowest BCUT2D eigenvalue weighted by Gasteiger charge is -2.17. The van der Waals surface area contributed by atoms with Crippen LogP contribution in [0.15, 0.2) is 82.8 Å². The quantitative estimate of drug-likeness (QED) is 0.411. The van der Waals surface area contributed by atoms with E-state index >= 15 is 0 Å². The Morgan fingerprint density at radius 1 is 1.11 bits per heavy atom. The standard InChI is InChI=1S/C26H23N5O4S/c1-34-19-10-6-17(7-11-19)16-31-24-5-3-4-21(22(24)15-28-31)25-30-23(14-27)26(35-25)29-18-8-12-20(13-9-18)36(2,32)33/h3-13,15,23,26,29H,16H2,1-2H3. The van der Waals surface area contributed by atoms with Gasteiger partial charge in [0.05, 0.1) is 36.3 Å². The molecule has 0 spiro atoms. The second-order valence-corrected chi connectivity index (χ2v) is 10.4. The Balaban J connectivity index is 1.37. The number of anilines is 1. The van der Waals surface area contributed by atoms with Gasteiger partial charge in [-0.15, -0.1) is 0 Å². The fourth-order valence-electron chi connectivity index (χ4n) is 4.03. The van der Waals surface area contributed by atoms with E-state index in [0.29, 0.717) is 18.1 Å². The molecule has 2 atom stereocenters. The van der Waals surface area contributed by atoms with Gasteiger partial charge in [-0.25, -0.2) is 13.4 Å². The predicted octanol–water partition coefficient (Wildman–Crippen LogP) is 3.60. The molecule has 1 aliphatic heterocycles. The zero-order valence-electron chi connectivity index (χ0n) is 19.6. The normalized spacial score (nSPS) is 17.3. The van der Waals surface area contributed by atoms with E-state index in [4.69, 9.17) is 9.47 Å². The number of ether oxygens (including phenoxy) is 2. The lowest BCUT2D eigenvalue weighted by Crippen LogP contribution is -2.30. The highest BCUT2D eigenvalue weighted by atomic mass is 32.2. The first-order valence-corrected chi connectivity index (χ1v) is 13.0. The third-order valence-corrected chi connectivity index (χ3v) is 7.04. The minimum atomic E-state index is -3.30. The van der Waals surface area contributed by atoms with Gasteiger partial charge in [-0.1, -0.05) is 18.2 Å². The molecule has 0 radical (unpaired) electrons. The maximum absolute atomic E-state index is 11.7. The number of aromatic nitrogens is 2. The molecule has 10 heteroatoms. The number of hydrogen-bond donors (Lipinski definition) is 1. The average molecular weight is 502 g/mol. The smallest absolute Gasteiger partial charge is 0.220 e. The van der Waals surface area contributed by atoms with Crippen molar-refractivity contribution in [3.05, 3.63) is 84.1 Å². The van der Waals surface area contributed by atoms with Gasteiger partial charge in [-0.3, -0.25) is 4.68 Å². The number of aliphatic imine (C=N–C) groups is 1. The first-order chi connectivity index (χ1) is 17.4. The van der Waals surface area contributed by atoms with Gasteiger partial charge < -0.3 is 14.8 Å². The Labute approximate surface area is 208 Å². The fourth-order valence-corrected chi connectivity index (χ4v) is 4.66. The summed E-state index contributed by atoms with van der Waals surface area (Å²) < 4.78 is 36.6. The largest absolute Gasteiger partial charge is 0.497 e. The molecular weight excluding hydrogens is 478 g/mol. The molecule has 1 N–H and O–H groups in total. The number of rotatable bonds is 7. The first-order valence-electron chi connectivity index (χ1n) is 11.1. The minimum absolute atomic E-state index is 0.215. The van der Waals surface area contributed by atoms with Gasteiger partial charge in [0.2, 0.25) is 12.1 Å². The number of hydrogen-bond acceptors (Lipinski definition) is 8. The summed E-state index contributed by atoms with van der Waals surface area (Å²) in [5, 5.41) is 18.2. The lowest BCUT2D eigenvalue weighted by molar-refractivity contribution is 0.238. The molecule has 3 aromatic carbocycles. The van der Waals surface area contributed by atoms with E-state index in [1.54, 1.807) is 25.4 Å². The third kappa shape index (κ3) is 4.61. The van der Waals surface area contributed by atoms with Crippen LogP contribution in [0, 0.1) is 11.3 Å². The highest BCUT2D eigenvalue weighted by Crippen LogP contribution is 2.26. The van der Waals surface area contributed by atoms with Crippen molar-refractivity contribution >= 4 is 32.3 Å². The molecule has 9 nitrogen and oxygen atoms in total. The molecule has 0 aliphatic carbocycles. The Kier molecular flexibility index (Phi) is 6.08. The molecule has 1 aromatic heterocycles. The number of sulfone groups is 1. The molecule has 2 unspecified atom stereocenters. The maximum Gasteiger partial charge on any atom is 0.220 e. The number of nitrogens with zero attached hydrogens (tertiary/aromatic N) is 4. The molecule has 5 rings (SSSR count). The van der Waals surface area contributed by atoms with Gasteiger partial charge in [0.25, 0.3) is 0 Å². The van der Waals surface area contributed by atoms with Crippen LogP contribution in [0.5, 0.6) is 5.75 Å². The van der Waals surface area contributed by atoms with Gasteiger partial charge in [0, 0.05) is 22.9 Å². The van der Waals surface area contributed by atoms with E-state index in [2.05, 4.69) is 21.5 Å². The molecular formula is C26H23N5O4S. The zero-order valence-corrected chi connectivity index (χ0v) is 20.4. The maximum atomic E-state index is 11.7. The summed E-state index contributed by atoms with van der Waals surface area (Å²) in [6.07, 6.45) is 2.20. The third-order valence-electron chi connectivity index (χ3n) is 5.91. The second kappa shape index (κ2) is 9.36.